The quantitative estimate of drug-likeness (QED) is 0.923. The lowest BCUT2D eigenvalue weighted by Gasteiger charge is -2.33. The average Bonchev–Trinajstić information content (AvgIpc) is 2.47. The van der Waals surface area contributed by atoms with Gasteiger partial charge in [0.15, 0.2) is 0 Å². The van der Waals surface area contributed by atoms with Crippen LogP contribution in [0.2, 0.25) is 10.0 Å². The summed E-state index contributed by atoms with van der Waals surface area (Å²) in [5, 5.41) is 1.01. The van der Waals surface area contributed by atoms with Crippen LogP contribution in [0.5, 0.6) is 0 Å². The van der Waals surface area contributed by atoms with Gasteiger partial charge in [-0.15, -0.1) is 0 Å². The summed E-state index contributed by atoms with van der Waals surface area (Å²) in [5.41, 5.74) is 6.64. The minimum absolute atomic E-state index is 0.0425. The molecular weight excluding hydrogens is 311 g/mol. The number of nitrogens with two attached hydrogens (primary N) is 1. The van der Waals surface area contributed by atoms with Crippen LogP contribution in [0.4, 0.5) is 0 Å². The fraction of sp³-hybridized carbons (Fsp3) is 0.533. The number of halogens is 2. The van der Waals surface area contributed by atoms with Gasteiger partial charge in [-0.25, -0.2) is 0 Å². The number of benzene rings is 1. The lowest BCUT2D eigenvalue weighted by molar-refractivity contribution is -0.139. The van der Waals surface area contributed by atoms with Crippen molar-refractivity contribution in [1.82, 2.24) is 4.90 Å². The lowest BCUT2D eigenvalue weighted by atomic mass is 10.1. The monoisotopic (exact) mass is 330 g/mol. The smallest absolute Gasteiger partial charge is 0.222 e. The summed E-state index contributed by atoms with van der Waals surface area (Å²) in [4.78, 5) is 14.0. The molecular formula is C15H20Cl2N2O2. The molecule has 1 heterocycles. The third kappa shape index (κ3) is 4.58. The van der Waals surface area contributed by atoms with Crippen LogP contribution < -0.4 is 5.73 Å². The minimum Gasteiger partial charge on any atom is -0.370 e. The second-order valence-electron chi connectivity index (χ2n) is 5.39. The van der Waals surface area contributed by atoms with Gasteiger partial charge in [0.05, 0.1) is 23.2 Å². The van der Waals surface area contributed by atoms with Crippen molar-refractivity contribution in [1.29, 1.82) is 0 Å². The highest BCUT2D eigenvalue weighted by molar-refractivity contribution is 6.42. The Morgan fingerprint density at radius 1 is 1.48 bits per heavy atom. The molecule has 0 aliphatic carbocycles. The fourth-order valence-electron chi connectivity index (χ4n) is 2.30. The number of carbonyl (C=O) groups excluding carboxylic acids is 1. The zero-order valence-corrected chi connectivity index (χ0v) is 13.5. The number of morpholine rings is 1. The zero-order chi connectivity index (χ0) is 15.4. The summed E-state index contributed by atoms with van der Waals surface area (Å²) in [7, 11) is 0. The van der Waals surface area contributed by atoms with Crippen molar-refractivity contribution in [3.8, 4) is 0 Å². The Morgan fingerprint density at radius 3 is 2.90 bits per heavy atom. The van der Waals surface area contributed by atoms with E-state index < -0.39 is 0 Å². The van der Waals surface area contributed by atoms with E-state index in [2.05, 4.69) is 0 Å². The van der Waals surface area contributed by atoms with Gasteiger partial charge >= 0.3 is 0 Å². The predicted octanol–water partition coefficient (Wildman–Crippen LogP) is 3.02. The number of amides is 1. The van der Waals surface area contributed by atoms with Crippen molar-refractivity contribution in [3.63, 3.8) is 0 Å². The van der Waals surface area contributed by atoms with E-state index in [1.165, 1.54) is 0 Å². The number of nitrogens with zero attached hydrogens (tertiary/aromatic N) is 1. The Labute approximate surface area is 135 Å². The molecule has 6 heteroatoms. The lowest BCUT2D eigenvalue weighted by Crippen LogP contribution is -2.42. The van der Waals surface area contributed by atoms with Crippen LogP contribution in [0.3, 0.4) is 0 Å². The molecule has 1 saturated heterocycles. The number of ether oxygens (including phenoxy) is 1. The van der Waals surface area contributed by atoms with Gasteiger partial charge in [-0.2, -0.15) is 0 Å². The molecule has 0 spiro atoms. The summed E-state index contributed by atoms with van der Waals surface area (Å²) in [6.07, 6.45) is 1.02. The van der Waals surface area contributed by atoms with Gasteiger partial charge in [-0.3, -0.25) is 4.79 Å². The van der Waals surface area contributed by atoms with E-state index >= 15 is 0 Å². The molecule has 4 nitrogen and oxygen atoms in total. The van der Waals surface area contributed by atoms with Crippen molar-refractivity contribution < 1.29 is 9.53 Å². The van der Waals surface area contributed by atoms with Gasteiger partial charge in [0.25, 0.3) is 0 Å². The van der Waals surface area contributed by atoms with Crippen molar-refractivity contribution in [2.75, 3.05) is 19.7 Å². The van der Waals surface area contributed by atoms with E-state index in [1.807, 2.05) is 17.9 Å². The van der Waals surface area contributed by atoms with E-state index in [0.717, 1.165) is 5.56 Å². The topological polar surface area (TPSA) is 55.6 Å². The largest absolute Gasteiger partial charge is 0.370 e. The first-order chi connectivity index (χ1) is 9.97. The van der Waals surface area contributed by atoms with E-state index in [4.69, 9.17) is 33.7 Å². The van der Waals surface area contributed by atoms with Crippen LogP contribution in [-0.2, 0) is 9.53 Å². The number of hydrogen-bond donors (Lipinski definition) is 1. The number of carbonyl (C=O) groups is 1. The summed E-state index contributed by atoms with van der Waals surface area (Å²) >= 11 is 12.0. The first-order valence-electron chi connectivity index (χ1n) is 7.07. The molecule has 2 N–H and O–H groups in total. The normalized spacial score (nSPS) is 20.4. The van der Waals surface area contributed by atoms with E-state index in [-0.39, 0.29) is 18.1 Å². The molecule has 1 aromatic rings. The molecule has 2 unspecified atom stereocenters. The second-order valence-corrected chi connectivity index (χ2v) is 6.20. The molecule has 0 aromatic heterocycles. The third-order valence-electron chi connectivity index (χ3n) is 3.55. The molecule has 2 rings (SSSR count). The fourth-order valence-corrected chi connectivity index (χ4v) is 2.61. The molecule has 1 aliphatic heterocycles. The van der Waals surface area contributed by atoms with Crippen LogP contribution in [0.25, 0.3) is 0 Å². The molecule has 116 valence electrons. The second kappa shape index (κ2) is 7.45. The maximum atomic E-state index is 12.2. The predicted molar refractivity (Wildman–Crippen MR) is 84.6 cm³/mol. The van der Waals surface area contributed by atoms with E-state index in [1.54, 1.807) is 12.1 Å². The Hall–Kier alpha value is -0.810. The molecule has 2 atom stereocenters. The standard InChI is InChI=1S/C15H20Cl2N2O2/c1-10(18)2-5-15(20)19-6-7-21-14(9-19)11-3-4-12(16)13(17)8-11/h3-4,8,10,14H,2,5-7,9,18H2,1H3. The zero-order valence-electron chi connectivity index (χ0n) is 12.0. The van der Waals surface area contributed by atoms with E-state index in [0.29, 0.717) is 42.6 Å². The Morgan fingerprint density at radius 2 is 2.24 bits per heavy atom. The van der Waals surface area contributed by atoms with Crippen molar-refractivity contribution in [2.45, 2.75) is 31.9 Å². The summed E-state index contributed by atoms with van der Waals surface area (Å²) in [6.45, 7) is 3.59. The highest BCUT2D eigenvalue weighted by atomic mass is 35.5. The molecule has 0 radical (unpaired) electrons. The maximum Gasteiger partial charge on any atom is 0.222 e. The van der Waals surface area contributed by atoms with Crippen LogP contribution in [0, 0.1) is 0 Å². The van der Waals surface area contributed by atoms with Crippen molar-refractivity contribution >= 4 is 29.1 Å². The molecule has 1 fully saturated rings. The van der Waals surface area contributed by atoms with Crippen LogP contribution in [0.15, 0.2) is 18.2 Å². The molecule has 1 amide bonds. The first-order valence-corrected chi connectivity index (χ1v) is 7.83. The van der Waals surface area contributed by atoms with Gasteiger partial charge in [0.2, 0.25) is 5.91 Å². The molecule has 1 aliphatic rings. The van der Waals surface area contributed by atoms with Gasteiger partial charge in [-0.05, 0) is 31.0 Å². The van der Waals surface area contributed by atoms with Crippen LogP contribution >= 0.6 is 23.2 Å². The van der Waals surface area contributed by atoms with Gasteiger partial charge < -0.3 is 15.4 Å². The van der Waals surface area contributed by atoms with Gasteiger partial charge in [-0.1, -0.05) is 29.3 Å². The molecule has 0 bridgehead atoms. The highest BCUT2D eigenvalue weighted by Crippen LogP contribution is 2.29. The van der Waals surface area contributed by atoms with Crippen molar-refractivity contribution in [3.05, 3.63) is 33.8 Å². The van der Waals surface area contributed by atoms with Crippen molar-refractivity contribution in [2.24, 2.45) is 5.73 Å². The minimum atomic E-state index is -0.159. The summed E-state index contributed by atoms with van der Waals surface area (Å²) in [6, 6.07) is 5.47. The number of hydrogen-bond acceptors (Lipinski definition) is 3. The highest BCUT2D eigenvalue weighted by Gasteiger charge is 2.25. The average molecular weight is 331 g/mol. The SMILES string of the molecule is CC(N)CCC(=O)N1CCOC(c2ccc(Cl)c(Cl)c2)C1. The Kier molecular flexibility index (Phi) is 5.88. The maximum absolute atomic E-state index is 12.2. The Bertz CT molecular complexity index is 508. The van der Waals surface area contributed by atoms with Crippen LogP contribution in [0.1, 0.15) is 31.4 Å². The first kappa shape index (κ1) is 16.6. The number of rotatable bonds is 4. The van der Waals surface area contributed by atoms with Crippen LogP contribution in [-0.4, -0.2) is 36.5 Å². The summed E-state index contributed by atoms with van der Waals surface area (Å²) in [5.74, 6) is 0.126. The molecule has 21 heavy (non-hydrogen) atoms. The third-order valence-corrected chi connectivity index (χ3v) is 4.29. The molecule has 0 saturated carbocycles. The van der Waals surface area contributed by atoms with Gasteiger partial charge in [0.1, 0.15) is 6.10 Å². The Balaban J connectivity index is 1.99. The van der Waals surface area contributed by atoms with E-state index in [9.17, 15) is 4.79 Å². The van der Waals surface area contributed by atoms with Gasteiger partial charge in [0, 0.05) is 19.0 Å². The summed E-state index contributed by atoms with van der Waals surface area (Å²) < 4.78 is 5.74. The molecule has 1 aromatic carbocycles.